The van der Waals surface area contributed by atoms with Gasteiger partial charge in [-0.25, -0.2) is 0 Å². The number of halogens is 2. The minimum absolute atomic E-state index is 0. The van der Waals surface area contributed by atoms with E-state index in [1.165, 1.54) is 28.8 Å². The molecule has 0 bridgehead atoms. The number of carbonyl (C=O) groups excluding carboxylic acids is 1. The van der Waals surface area contributed by atoms with E-state index in [0.29, 0.717) is 12.2 Å². The number of pyridine rings is 1. The van der Waals surface area contributed by atoms with Gasteiger partial charge in [-0.15, -0.1) is 0 Å². The summed E-state index contributed by atoms with van der Waals surface area (Å²) < 4.78 is 8.45. The monoisotopic (exact) mass is 810 g/mol. The second-order valence-corrected chi connectivity index (χ2v) is 16.8. The third-order valence-corrected chi connectivity index (χ3v) is 14.1. The Bertz CT molecular complexity index is 1960. The van der Waals surface area contributed by atoms with Crippen molar-refractivity contribution < 1.29 is 26.5 Å². The van der Waals surface area contributed by atoms with E-state index in [4.69, 9.17) is 4.74 Å². The van der Waals surface area contributed by atoms with Crippen LogP contribution < -0.4 is 48.5 Å². The summed E-state index contributed by atoms with van der Waals surface area (Å²) in [5, 5.41) is 7.96. The number of hydrogen-bond donors (Lipinski definition) is 1. The van der Waals surface area contributed by atoms with Crippen molar-refractivity contribution in [3.8, 4) is 5.75 Å². The van der Waals surface area contributed by atoms with E-state index < -0.39 is 7.26 Å². The van der Waals surface area contributed by atoms with Crippen molar-refractivity contribution in [3.63, 3.8) is 0 Å². The van der Waals surface area contributed by atoms with Crippen molar-refractivity contribution in [2.75, 3.05) is 18.1 Å². The summed E-state index contributed by atoms with van der Waals surface area (Å²) in [5.74, 6) is 0.391. The predicted molar refractivity (Wildman–Crippen MR) is 210 cm³/mol. The van der Waals surface area contributed by atoms with Crippen LogP contribution in [0.5, 0.6) is 5.75 Å². The molecule has 1 aromatic heterocycles. The molecule has 5 aromatic carbocycles. The Morgan fingerprint density at radius 1 is 0.700 bits per heavy atom. The molecule has 0 saturated carbocycles. The lowest BCUT2D eigenvalue weighted by molar-refractivity contribution is -0.0000176. The number of fused-ring (bicyclic) bond motifs is 1. The van der Waals surface area contributed by atoms with Crippen LogP contribution in [-0.4, -0.2) is 23.2 Å². The molecule has 0 unspecified atom stereocenters. The molecule has 0 saturated heterocycles. The number of hydrogen-bond acceptors (Lipinski definition) is 3. The van der Waals surface area contributed by atoms with Gasteiger partial charge in [0.1, 0.15) is 34.6 Å². The topological polar surface area (TPSA) is 60.3 Å². The van der Waals surface area contributed by atoms with E-state index in [9.17, 15) is 9.59 Å². The SMILES string of the molecule is Cn1c(=O)c(NC(=O)c2ccc(OCCCCCCC[P+](c3ccccc3)(c3ccccc3)c3ccccc3)cc2)cc2cc(Br)ccc21.[Br-]. The number of anilines is 1. The molecular formula is C42H41Br2N2O3P. The van der Waals surface area contributed by atoms with Crippen LogP contribution in [0.15, 0.2) is 149 Å². The van der Waals surface area contributed by atoms with Crippen molar-refractivity contribution in [2.24, 2.45) is 7.05 Å². The van der Waals surface area contributed by atoms with Crippen molar-refractivity contribution in [3.05, 3.63) is 160 Å². The molecule has 0 spiro atoms. The van der Waals surface area contributed by atoms with Crippen LogP contribution in [0.4, 0.5) is 5.69 Å². The number of benzene rings is 5. The maximum atomic E-state index is 13.0. The van der Waals surface area contributed by atoms with Crippen LogP contribution in [0.1, 0.15) is 42.5 Å². The lowest BCUT2D eigenvalue weighted by Gasteiger charge is -2.27. The molecule has 50 heavy (non-hydrogen) atoms. The molecule has 256 valence electrons. The first kappa shape index (κ1) is 37.2. The average molecular weight is 813 g/mol. The normalized spacial score (nSPS) is 11.2. The van der Waals surface area contributed by atoms with Gasteiger partial charge in [-0.3, -0.25) is 9.59 Å². The summed E-state index contributed by atoms with van der Waals surface area (Å²) in [4.78, 5) is 25.8. The zero-order valence-electron chi connectivity index (χ0n) is 28.1. The highest BCUT2D eigenvalue weighted by Gasteiger charge is 2.44. The minimum atomic E-state index is -1.77. The van der Waals surface area contributed by atoms with Gasteiger partial charge in [-0.2, -0.15) is 0 Å². The van der Waals surface area contributed by atoms with Crippen LogP contribution in [0.25, 0.3) is 10.9 Å². The van der Waals surface area contributed by atoms with Gasteiger partial charge in [0.15, 0.2) is 0 Å². The Labute approximate surface area is 314 Å². The predicted octanol–water partition coefficient (Wildman–Crippen LogP) is 5.88. The highest BCUT2D eigenvalue weighted by molar-refractivity contribution is 9.10. The van der Waals surface area contributed by atoms with Crippen LogP contribution in [0, 0.1) is 0 Å². The molecule has 0 aliphatic carbocycles. The summed E-state index contributed by atoms with van der Waals surface area (Å²) in [7, 11) is -0.0697. The Morgan fingerprint density at radius 3 is 1.82 bits per heavy atom. The van der Waals surface area contributed by atoms with Crippen LogP contribution in [-0.2, 0) is 7.05 Å². The number of rotatable bonds is 14. The first-order chi connectivity index (χ1) is 24.0. The van der Waals surface area contributed by atoms with Gasteiger partial charge in [-0.1, -0.05) is 83.4 Å². The largest absolute Gasteiger partial charge is 1.00 e. The fourth-order valence-corrected chi connectivity index (χ4v) is 11.3. The molecule has 5 nitrogen and oxygen atoms in total. The highest BCUT2D eigenvalue weighted by atomic mass is 79.9. The quantitative estimate of drug-likeness (QED) is 0.111. The maximum Gasteiger partial charge on any atom is 0.274 e. The van der Waals surface area contributed by atoms with Crippen LogP contribution >= 0.6 is 23.2 Å². The van der Waals surface area contributed by atoms with E-state index in [1.807, 2.05) is 30.3 Å². The van der Waals surface area contributed by atoms with Crippen molar-refractivity contribution >= 4 is 61.6 Å². The highest BCUT2D eigenvalue weighted by Crippen LogP contribution is 2.56. The van der Waals surface area contributed by atoms with E-state index >= 15 is 0 Å². The third kappa shape index (κ3) is 8.63. The first-order valence-electron chi connectivity index (χ1n) is 16.8. The Kier molecular flexibility index (Phi) is 13.2. The van der Waals surface area contributed by atoms with Gasteiger partial charge in [0, 0.05) is 22.5 Å². The summed E-state index contributed by atoms with van der Waals surface area (Å²) >= 11 is 3.47. The van der Waals surface area contributed by atoms with Crippen LogP contribution in [0.3, 0.4) is 0 Å². The molecule has 1 heterocycles. The molecule has 1 N–H and O–H groups in total. The Morgan fingerprint density at radius 2 is 1.24 bits per heavy atom. The Balaban J connectivity index is 0.00000486. The van der Waals surface area contributed by atoms with Gasteiger partial charge < -0.3 is 31.6 Å². The second-order valence-electron chi connectivity index (χ2n) is 12.3. The number of carbonyl (C=O) groups is 1. The van der Waals surface area contributed by atoms with Gasteiger partial charge >= 0.3 is 0 Å². The molecule has 6 rings (SSSR count). The molecule has 0 fully saturated rings. The summed E-state index contributed by atoms with van der Waals surface area (Å²) in [6.45, 7) is 0.628. The molecule has 0 aliphatic heterocycles. The lowest BCUT2D eigenvalue weighted by Crippen LogP contribution is -3.00. The number of ether oxygens (including phenoxy) is 1. The van der Waals surface area contributed by atoms with Gasteiger partial charge in [0.25, 0.3) is 11.5 Å². The summed E-state index contributed by atoms with van der Waals surface area (Å²) in [6, 6.07) is 47.8. The van der Waals surface area contributed by atoms with Crippen LogP contribution in [0.2, 0.25) is 0 Å². The third-order valence-electron chi connectivity index (χ3n) is 9.05. The molecule has 1 amide bonds. The zero-order valence-corrected chi connectivity index (χ0v) is 32.2. The fraction of sp³-hybridized carbons (Fsp3) is 0.190. The van der Waals surface area contributed by atoms with Gasteiger partial charge in [0.2, 0.25) is 0 Å². The Hall–Kier alpha value is -4.03. The van der Waals surface area contributed by atoms with E-state index in [0.717, 1.165) is 46.5 Å². The standard InChI is InChI=1S/C42H40BrN2O3P.BrH/c1-45-40-27-24-34(43)30-33(40)31-39(42(45)47)44-41(46)32-22-25-35(26-23-32)48-28-14-3-2-4-15-29-49(36-16-8-5-9-17-36,37-18-10-6-11-19-37)38-20-12-7-13-21-38;/h5-13,16-27,30-31H,2-4,14-15,28-29H2,1H3;1H. The number of aromatic nitrogens is 1. The fourth-order valence-electron chi connectivity index (χ4n) is 6.49. The molecule has 0 aliphatic rings. The minimum Gasteiger partial charge on any atom is -1.00 e. The zero-order chi connectivity index (χ0) is 34.1. The number of amides is 1. The first-order valence-corrected chi connectivity index (χ1v) is 19.6. The number of nitrogens with one attached hydrogen (secondary N) is 1. The van der Waals surface area contributed by atoms with Gasteiger partial charge in [0.05, 0.1) is 18.3 Å². The second kappa shape index (κ2) is 17.8. The number of unbranched alkanes of at least 4 members (excludes halogenated alkanes) is 4. The van der Waals surface area contributed by atoms with E-state index in [2.05, 4.69) is 112 Å². The average Bonchev–Trinajstić information content (AvgIpc) is 3.14. The molecular weight excluding hydrogens is 771 g/mol. The molecule has 0 atom stereocenters. The summed E-state index contributed by atoms with van der Waals surface area (Å²) in [5.41, 5.74) is 1.24. The lowest BCUT2D eigenvalue weighted by atomic mass is 10.1. The van der Waals surface area contributed by atoms with E-state index in [1.54, 1.807) is 29.8 Å². The van der Waals surface area contributed by atoms with Crippen molar-refractivity contribution in [1.82, 2.24) is 4.57 Å². The number of nitrogens with zero attached hydrogens (tertiary/aromatic N) is 1. The smallest absolute Gasteiger partial charge is 0.274 e. The number of aryl methyl sites for hydroxylation is 1. The van der Waals surface area contributed by atoms with Gasteiger partial charge in [-0.05, 0) is 104 Å². The summed E-state index contributed by atoms with van der Waals surface area (Å²) in [6.07, 6.45) is 6.72. The molecule has 6 aromatic rings. The van der Waals surface area contributed by atoms with Crippen molar-refractivity contribution in [2.45, 2.75) is 32.1 Å². The molecule has 8 heteroatoms. The van der Waals surface area contributed by atoms with Crippen molar-refractivity contribution in [1.29, 1.82) is 0 Å². The molecule has 0 radical (unpaired) electrons. The maximum absolute atomic E-state index is 13.0. The van der Waals surface area contributed by atoms with E-state index in [-0.39, 0.29) is 34.1 Å².